The summed E-state index contributed by atoms with van der Waals surface area (Å²) in [6.45, 7) is 1.98. The van der Waals surface area contributed by atoms with Gasteiger partial charge in [0.05, 0.1) is 5.69 Å². The molecule has 0 fully saturated rings. The number of nitrogens with zero attached hydrogens (tertiary/aromatic N) is 1. The third-order valence-electron chi connectivity index (χ3n) is 2.82. The number of thiazole rings is 1. The molecule has 0 aliphatic rings. The standard InChI is InChI=1S/C14H15NO3S/c1-3-10(18-2)13-15-11(12(19-13)14(16)17)9-7-5-4-6-8-9/h4-8,10H,3H2,1-2H3,(H,16,17). The van der Waals surface area contributed by atoms with E-state index in [0.29, 0.717) is 10.7 Å². The van der Waals surface area contributed by atoms with Crippen molar-refractivity contribution in [1.82, 2.24) is 4.98 Å². The molecule has 0 aliphatic heterocycles. The molecule has 1 atom stereocenters. The summed E-state index contributed by atoms with van der Waals surface area (Å²) in [4.78, 5) is 16.1. The third-order valence-corrected chi connectivity index (χ3v) is 3.95. The Bertz CT molecular complexity index is 561. The van der Waals surface area contributed by atoms with Crippen LogP contribution in [0.4, 0.5) is 0 Å². The molecule has 2 aromatic rings. The van der Waals surface area contributed by atoms with Crippen LogP contribution in [0.5, 0.6) is 0 Å². The Labute approximate surface area is 115 Å². The Morgan fingerprint density at radius 1 is 1.42 bits per heavy atom. The van der Waals surface area contributed by atoms with Crippen molar-refractivity contribution in [3.63, 3.8) is 0 Å². The highest BCUT2D eigenvalue weighted by molar-refractivity contribution is 7.14. The Morgan fingerprint density at radius 3 is 2.63 bits per heavy atom. The van der Waals surface area contributed by atoms with E-state index in [9.17, 15) is 9.90 Å². The zero-order valence-electron chi connectivity index (χ0n) is 10.8. The van der Waals surface area contributed by atoms with Gasteiger partial charge in [0.15, 0.2) is 0 Å². The van der Waals surface area contributed by atoms with Crippen molar-refractivity contribution in [2.75, 3.05) is 7.11 Å². The van der Waals surface area contributed by atoms with Gasteiger partial charge in [-0.1, -0.05) is 37.3 Å². The van der Waals surface area contributed by atoms with Gasteiger partial charge in [0.2, 0.25) is 0 Å². The first-order valence-electron chi connectivity index (χ1n) is 5.99. The molecule has 5 heteroatoms. The summed E-state index contributed by atoms with van der Waals surface area (Å²) in [7, 11) is 1.61. The van der Waals surface area contributed by atoms with Gasteiger partial charge in [-0.15, -0.1) is 11.3 Å². The van der Waals surface area contributed by atoms with Gasteiger partial charge in [-0.3, -0.25) is 0 Å². The number of aromatic carboxylic acids is 1. The van der Waals surface area contributed by atoms with Gasteiger partial charge < -0.3 is 9.84 Å². The van der Waals surface area contributed by atoms with Crippen LogP contribution in [-0.4, -0.2) is 23.2 Å². The van der Waals surface area contributed by atoms with Gasteiger partial charge in [0, 0.05) is 12.7 Å². The minimum atomic E-state index is -0.950. The van der Waals surface area contributed by atoms with Crippen LogP contribution in [0.1, 0.15) is 34.1 Å². The molecule has 0 spiro atoms. The maximum Gasteiger partial charge on any atom is 0.348 e. The van der Waals surface area contributed by atoms with Crippen LogP contribution in [0.25, 0.3) is 11.3 Å². The Morgan fingerprint density at radius 2 is 2.11 bits per heavy atom. The second kappa shape index (κ2) is 5.95. The van der Waals surface area contributed by atoms with Crippen molar-refractivity contribution in [2.45, 2.75) is 19.4 Å². The van der Waals surface area contributed by atoms with Gasteiger partial charge in [-0.2, -0.15) is 0 Å². The first-order chi connectivity index (χ1) is 9.17. The average Bonchev–Trinajstić information content (AvgIpc) is 2.86. The predicted octanol–water partition coefficient (Wildman–Crippen LogP) is 3.61. The summed E-state index contributed by atoms with van der Waals surface area (Å²) in [5, 5.41) is 10.0. The normalized spacial score (nSPS) is 12.3. The van der Waals surface area contributed by atoms with E-state index in [1.54, 1.807) is 7.11 Å². The molecule has 0 aliphatic carbocycles. The van der Waals surface area contributed by atoms with E-state index in [1.807, 2.05) is 37.3 Å². The smallest absolute Gasteiger partial charge is 0.348 e. The second-order valence-electron chi connectivity index (χ2n) is 4.03. The molecule has 0 amide bonds. The summed E-state index contributed by atoms with van der Waals surface area (Å²) >= 11 is 1.18. The number of carboxylic acid groups (broad SMARTS) is 1. The number of carboxylic acids is 1. The van der Waals surface area contributed by atoms with E-state index in [0.717, 1.165) is 12.0 Å². The molecule has 1 unspecified atom stereocenters. The van der Waals surface area contributed by atoms with Crippen molar-refractivity contribution in [1.29, 1.82) is 0 Å². The first kappa shape index (κ1) is 13.7. The molecule has 0 radical (unpaired) electrons. The molecule has 100 valence electrons. The van der Waals surface area contributed by atoms with Crippen molar-refractivity contribution in [3.05, 3.63) is 40.2 Å². The zero-order valence-corrected chi connectivity index (χ0v) is 11.6. The lowest BCUT2D eigenvalue weighted by molar-refractivity contribution is 0.0702. The van der Waals surface area contributed by atoms with E-state index >= 15 is 0 Å². The summed E-state index contributed by atoms with van der Waals surface area (Å²) in [5.41, 5.74) is 1.33. The van der Waals surface area contributed by atoms with Crippen molar-refractivity contribution in [3.8, 4) is 11.3 Å². The fourth-order valence-corrected chi connectivity index (χ4v) is 2.94. The lowest BCUT2D eigenvalue weighted by Gasteiger charge is -2.08. The fraction of sp³-hybridized carbons (Fsp3) is 0.286. The number of rotatable bonds is 5. The van der Waals surface area contributed by atoms with Gasteiger partial charge in [0.25, 0.3) is 0 Å². The minimum absolute atomic E-state index is 0.152. The van der Waals surface area contributed by atoms with E-state index in [-0.39, 0.29) is 11.0 Å². The van der Waals surface area contributed by atoms with Crippen molar-refractivity contribution in [2.24, 2.45) is 0 Å². The number of methoxy groups -OCH3 is 1. The van der Waals surface area contributed by atoms with Crippen molar-refractivity contribution >= 4 is 17.3 Å². The third kappa shape index (κ3) is 2.83. The number of aromatic nitrogens is 1. The highest BCUT2D eigenvalue weighted by atomic mass is 32.1. The Hall–Kier alpha value is -1.72. The number of hydrogen-bond acceptors (Lipinski definition) is 4. The van der Waals surface area contributed by atoms with Crippen LogP contribution in [0, 0.1) is 0 Å². The quantitative estimate of drug-likeness (QED) is 0.907. The highest BCUT2D eigenvalue weighted by Gasteiger charge is 2.22. The predicted molar refractivity (Wildman–Crippen MR) is 74.6 cm³/mol. The number of ether oxygens (including phenoxy) is 1. The molecule has 19 heavy (non-hydrogen) atoms. The first-order valence-corrected chi connectivity index (χ1v) is 6.81. The maximum absolute atomic E-state index is 11.3. The molecule has 1 aromatic carbocycles. The van der Waals surface area contributed by atoms with Crippen LogP contribution in [0.15, 0.2) is 30.3 Å². The molecule has 1 aromatic heterocycles. The fourth-order valence-electron chi connectivity index (χ4n) is 1.85. The van der Waals surface area contributed by atoms with Crippen LogP contribution in [0.2, 0.25) is 0 Å². The van der Waals surface area contributed by atoms with Crippen LogP contribution in [0.3, 0.4) is 0 Å². The van der Waals surface area contributed by atoms with E-state index in [2.05, 4.69) is 4.98 Å². The Kier molecular flexibility index (Phi) is 4.29. The monoisotopic (exact) mass is 277 g/mol. The summed E-state index contributed by atoms with van der Waals surface area (Å²) in [5.74, 6) is -0.950. The zero-order chi connectivity index (χ0) is 13.8. The maximum atomic E-state index is 11.3. The van der Waals surface area contributed by atoms with Crippen molar-refractivity contribution < 1.29 is 14.6 Å². The SMILES string of the molecule is CCC(OC)c1nc(-c2ccccc2)c(C(=O)O)s1. The lowest BCUT2D eigenvalue weighted by atomic mass is 10.1. The van der Waals surface area contributed by atoms with Gasteiger partial charge >= 0.3 is 5.97 Å². The Balaban J connectivity index is 2.51. The largest absolute Gasteiger partial charge is 0.477 e. The summed E-state index contributed by atoms with van der Waals surface area (Å²) in [6, 6.07) is 9.35. The van der Waals surface area contributed by atoms with Crippen LogP contribution >= 0.6 is 11.3 Å². The van der Waals surface area contributed by atoms with Crippen LogP contribution in [-0.2, 0) is 4.74 Å². The van der Waals surface area contributed by atoms with E-state index < -0.39 is 5.97 Å². The molecule has 1 heterocycles. The molecule has 2 rings (SSSR count). The van der Waals surface area contributed by atoms with Gasteiger partial charge in [0.1, 0.15) is 16.0 Å². The summed E-state index contributed by atoms with van der Waals surface area (Å²) in [6.07, 6.45) is 0.609. The number of benzene rings is 1. The molecular formula is C14H15NO3S. The second-order valence-corrected chi connectivity index (χ2v) is 5.06. The molecule has 0 saturated heterocycles. The van der Waals surface area contributed by atoms with E-state index in [4.69, 9.17) is 4.74 Å². The minimum Gasteiger partial charge on any atom is -0.477 e. The molecule has 4 nitrogen and oxygen atoms in total. The van der Waals surface area contributed by atoms with E-state index in [1.165, 1.54) is 11.3 Å². The summed E-state index contributed by atoms with van der Waals surface area (Å²) < 4.78 is 5.32. The number of hydrogen-bond donors (Lipinski definition) is 1. The molecule has 0 bridgehead atoms. The number of carbonyl (C=O) groups is 1. The highest BCUT2D eigenvalue weighted by Crippen LogP contribution is 2.33. The lowest BCUT2D eigenvalue weighted by Crippen LogP contribution is -1.98. The van der Waals surface area contributed by atoms with Gasteiger partial charge in [-0.05, 0) is 6.42 Å². The molecule has 1 N–H and O–H groups in total. The average molecular weight is 277 g/mol. The van der Waals surface area contributed by atoms with Gasteiger partial charge in [-0.25, -0.2) is 9.78 Å². The topological polar surface area (TPSA) is 59.4 Å². The molecule has 0 saturated carbocycles. The van der Waals surface area contributed by atoms with Crippen LogP contribution < -0.4 is 0 Å². The molecular weight excluding hydrogens is 262 g/mol.